The highest BCUT2D eigenvalue weighted by molar-refractivity contribution is 7.99. The van der Waals surface area contributed by atoms with Crippen molar-refractivity contribution >= 4 is 35.1 Å². The highest BCUT2D eigenvalue weighted by Gasteiger charge is 2.10. The summed E-state index contributed by atoms with van der Waals surface area (Å²) in [6.45, 7) is 2.05. The van der Waals surface area contributed by atoms with Crippen molar-refractivity contribution in [1.82, 2.24) is 9.97 Å². The van der Waals surface area contributed by atoms with Gasteiger partial charge in [-0.1, -0.05) is 78.0 Å². The largest absolute Gasteiger partial charge is 0.325 e. The molecule has 166 valence electrons. The van der Waals surface area contributed by atoms with Crippen LogP contribution in [0.5, 0.6) is 0 Å². The molecule has 33 heavy (non-hydrogen) atoms. The SMILES string of the molecule is Cc1ccc(SCc2cc(=O)[nH]c(SCC(=O)Nc3ccccc3-c3ccccc3)n2)cc1. The van der Waals surface area contributed by atoms with Crippen LogP contribution in [0, 0.1) is 6.92 Å². The number of nitrogens with one attached hydrogen (secondary N) is 2. The molecule has 0 bridgehead atoms. The van der Waals surface area contributed by atoms with E-state index in [1.807, 2.05) is 61.5 Å². The van der Waals surface area contributed by atoms with Crippen LogP contribution < -0.4 is 10.9 Å². The zero-order chi connectivity index (χ0) is 23.0. The molecule has 1 amide bonds. The minimum absolute atomic E-state index is 0.140. The molecule has 0 radical (unpaired) electrons. The molecule has 0 aliphatic rings. The highest BCUT2D eigenvalue weighted by atomic mass is 32.2. The molecule has 0 atom stereocenters. The fraction of sp³-hybridized carbons (Fsp3) is 0.115. The number of para-hydroxylation sites is 1. The molecule has 1 aromatic heterocycles. The van der Waals surface area contributed by atoms with E-state index >= 15 is 0 Å². The molecule has 0 fully saturated rings. The number of carbonyl (C=O) groups is 1. The Labute approximate surface area is 201 Å². The third-order valence-corrected chi connectivity index (χ3v) is 6.73. The van der Waals surface area contributed by atoms with Crippen molar-refractivity contribution in [2.45, 2.75) is 22.7 Å². The van der Waals surface area contributed by atoms with Crippen LogP contribution in [-0.2, 0) is 10.5 Å². The fourth-order valence-electron chi connectivity index (χ4n) is 3.20. The first-order valence-corrected chi connectivity index (χ1v) is 12.4. The summed E-state index contributed by atoms with van der Waals surface area (Å²) in [5, 5.41) is 3.41. The quantitative estimate of drug-likeness (QED) is 0.251. The Kier molecular flexibility index (Phi) is 7.65. The molecule has 0 saturated heterocycles. The second kappa shape index (κ2) is 11.0. The van der Waals surface area contributed by atoms with Crippen molar-refractivity contribution in [3.63, 3.8) is 0 Å². The van der Waals surface area contributed by atoms with E-state index in [0.717, 1.165) is 21.7 Å². The Morgan fingerprint density at radius 3 is 2.45 bits per heavy atom. The van der Waals surface area contributed by atoms with Crippen molar-refractivity contribution in [1.29, 1.82) is 0 Å². The smallest absolute Gasteiger partial charge is 0.251 e. The second-order valence-electron chi connectivity index (χ2n) is 7.39. The number of aromatic amines is 1. The summed E-state index contributed by atoms with van der Waals surface area (Å²) in [6, 6.07) is 27.3. The molecule has 0 saturated carbocycles. The van der Waals surface area contributed by atoms with Crippen molar-refractivity contribution in [3.05, 3.63) is 107 Å². The predicted molar refractivity (Wildman–Crippen MR) is 137 cm³/mol. The molecular weight excluding hydrogens is 450 g/mol. The van der Waals surface area contributed by atoms with Crippen LogP contribution in [0.3, 0.4) is 0 Å². The number of hydrogen-bond donors (Lipinski definition) is 2. The summed E-state index contributed by atoms with van der Waals surface area (Å²) in [7, 11) is 0. The maximum Gasteiger partial charge on any atom is 0.251 e. The standard InChI is InChI=1S/C26H23N3O2S2/c1-18-11-13-21(14-12-18)32-16-20-15-24(30)29-26(27-20)33-17-25(31)28-23-10-6-5-9-22(23)19-7-3-2-4-8-19/h2-15H,16-17H2,1H3,(H,28,31)(H,27,29,30). The van der Waals surface area contributed by atoms with Gasteiger partial charge in [0.2, 0.25) is 5.91 Å². The van der Waals surface area contributed by atoms with Gasteiger partial charge in [-0.05, 0) is 30.7 Å². The minimum atomic E-state index is -0.221. The lowest BCUT2D eigenvalue weighted by Gasteiger charge is -2.11. The monoisotopic (exact) mass is 473 g/mol. The summed E-state index contributed by atoms with van der Waals surface area (Å²) < 4.78 is 0. The Hall–Kier alpha value is -3.29. The van der Waals surface area contributed by atoms with Crippen LogP contribution in [0.1, 0.15) is 11.3 Å². The van der Waals surface area contributed by atoms with E-state index < -0.39 is 0 Å². The Morgan fingerprint density at radius 2 is 1.67 bits per heavy atom. The van der Waals surface area contributed by atoms with Crippen molar-refractivity contribution in [3.8, 4) is 11.1 Å². The van der Waals surface area contributed by atoms with Crippen LogP contribution in [0.4, 0.5) is 5.69 Å². The summed E-state index contributed by atoms with van der Waals surface area (Å²) in [4.78, 5) is 33.1. The lowest BCUT2D eigenvalue weighted by molar-refractivity contribution is -0.113. The van der Waals surface area contributed by atoms with Gasteiger partial charge in [0.25, 0.3) is 5.56 Å². The lowest BCUT2D eigenvalue weighted by atomic mass is 10.0. The lowest BCUT2D eigenvalue weighted by Crippen LogP contribution is -2.16. The Balaban J connectivity index is 1.38. The fourth-order valence-corrected chi connectivity index (χ4v) is 4.68. The number of hydrogen-bond acceptors (Lipinski definition) is 5. The maximum atomic E-state index is 12.6. The zero-order valence-electron chi connectivity index (χ0n) is 18.1. The maximum absolute atomic E-state index is 12.6. The van der Waals surface area contributed by atoms with Gasteiger partial charge in [0.05, 0.1) is 11.4 Å². The average molecular weight is 474 g/mol. The summed E-state index contributed by atoms with van der Waals surface area (Å²) in [6.07, 6.45) is 0. The summed E-state index contributed by atoms with van der Waals surface area (Å²) in [5.74, 6) is 0.558. The first kappa shape index (κ1) is 22.9. The first-order chi connectivity index (χ1) is 16.1. The molecule has 7 heteroatoms. The van der Waals surface area contributed by atoms with Crippen LogP contribution in [0.2, 0.25) is 0 Å². The zero-order valence-corrected chi connectivity index (χ0v) is 19.7. The van der Waals surface area contributed by atoms with Crippen LogP contribution >= 0.6 is 23.5 Å². The van der Waals surface area contributed by atoms with Crippen LogP contribution in [0.15, 0.2) is 99.8 Å². The highest BCUT2D eigenvalue weighted by Crippen LogP contribution is 2.28. The molecule has 4 aromatic rings. The number of aryl methyl sites for hydroxylation is 1. The number of thioether (sulfide) groups is 2. The normalized spacial score (nSPS) is 10.7. The van der Waals surface area contributed by atoms with Gasteiger partial charge in [-0.3, -0.25) is 9.59 Å². The number of amides is 1. The van der Waals surface area contributed by atoms with Gasteiger partial charge in [0, 0.05) is 28.0 Å². The van der Waals surface area contributed by atoms with Crippen LogP contribution in [0.25, 0.3) is 11.1 Å². The van der Waals surface area contributed by atoms with E-state index in [-0.39, 0.29) is 17.2 Å². The average Bonchev–Trinajstić information content (AvgIpc) is 2.83. The van der Waals surface area contributed by atoms with E-state index in [2.05, 4.69) is 39.6 Å². The molecule has 0 unspecified atom stereocenters. The molecule has 0 spiro atoms. The van der Waals surface area contributed by atoms with Crippen LogP contribution in [-0.4, -0.2) is 21.6 Å². The number of H-pyrrole nitrogens is 1. The predicted octanol–water partition coefficient (Wildman–Crippen LogP) is 5.77. The van der Waals surface area contributed by atoms with Gasteiger partial charge in [-0.15, -0.1) is 11.8 Å². The van der Waals surface area contributed by atoms with Crippen molar-refractivity contribution in [2.24, 2.45) is 0 Å². The molecule has 1 heterocycles. The summed E-state index contributed by atoms with van der Waals surface area (Å²) in [5.41, 5.74) is 4.41. The number of rotatable bonds is 8. The first-order valence-electron chi connectivity index (χ1n) is 10.4. The van der Waals surface area contributed by atoms with E-state index in [9.17, 15) is 9.59 Å². The molecular formula is C26H23N3O2S2. The third-order valence-electron chi connectivity index (χ3n) is 4.81. The molecule has 0 aliphatic heterocycles. The number of benzene rings is 3. The Morgan fingerprint density at radius 1 is 0.939 bits per heavy atom. The van der Waals surface area contributed by atoms with Crippen molar-refractivity contribution < 1.29 is 4.79 Å². The number of nitrogens with zero attached hydrogens (tertiary/aromatic N) is 1. The minimum Gasteiger partial charge on any atom is -0.325 e. The van der Waals surface area contributed by atoms with Gasteiger partial charge in [0.1, 0.15) is 0 Å². The third kappa shape index (κ3) is 6.60. The van der Waals surface area contributed by atoms with E-state index in [4.69, 9.17) is 0 Å². The van der Waals surface area contributed by atoms with E-state index in [1.54, 1.807) is 11.8 Å². The number of carbonyl (C=O) groups excluding carboxylic acids is 1. The Bertz CT molecular complexity index is 1290. The van der Waals surface area contributed by atoms with Gasteiger partial charge in [-0.2, -0.15) is 0 Å². The van der Waals surface area contributed by atoms with Gasteiger partial charge >= 0.3 is 0 Å². The molecule has 2 N–H and O–H groups in total. The molecule has 4 rings (SSSR count). The molecule has 0 aliphatic carbocycles. The van der Waals surface area contributed by atoms with Gasteiger partial charge in [0.15, 0.2) is 5.16 Å². The second-order valence-corrected chi connectivity index (χ2v) is 9.40. The summed E-state index contributed by atoms with van der Waals surface area (Å²) >= 11 is 2.83. The number of anilines is 1. The topological polar surface area (TPSA) is 74.8 Å². The van der Waals surface area contributed by atoms with Crippen molar-refractivity contribution in [2.75, 3.05) is 11.1 Å². The van der Waals surface area contributed by atoms with E-state index in [1.165, 1.54) is 23.4 Å². The molecule has 5 nitrogen and oxygen atoms in total. The van der Waals surface area contributed by atoms with Gasteiger partial charge < -0.3 is 10.3 Å². The number of aromatic nitrogens is 2. The molecule has 3 aromatic carbocycles. The van der Waals surface area contributed by atoms with Gasteiger partial charge in [-0.25, -0.2) is 4.98 Å². The van der Waals surface area contributed by atoms with E-state index in [0.29, 0.717) is 16.6 Å².